The Hall–Kier alpha value is -2.64. The summed E-state index contributed by atoms with van der Waals surface area (Å²) < 4.78 is 6.51. The van der Waals surface area contributed by atoms with Crippen molar-refractivity contribution in [1.29, 1.82) is 0 Å². The van der Waals surface area contributed by atoms with E-state index in [1.807, 2.05) is 23.1 Å². The maximum Gasteiger partial charge on any atom is 0.254 e. The van der Waals surface area contributed by atoms with Crippen LogP contribution in [0.3, 0.4) is 0 Å². The fourth-order valence-electron chi connectivity index (χ4n) is 4.45. The van der Waals surface area contributed by atoms with E-state index in [0.29, 0.717) is 0 Å². The molecule has 0 spiro atoms. The largest absolute Gasteiger partial charge is 0.378 e. The Balaban J connectivity index is 1.30. The van der Waals surface area contributed by atoms with Gasteiger partial charge in [-0.15, -0.1) is 0 Å². The van der Waals surface area contributed by atoms with E-state index in [0.717, 1.165) is 66.8 Å². The standard InChI is InChI=1S/C24H28N4O2S/c1-17-4-3-5-20(14-17)28-9-8-27(16-18(28)2)23(29)19-6-7-21-22(15-19)31-24(25-21)26-10-12-30-13-11-26/h3-7,14-15,18H,8-13,16H2,1-2H3/t18-/m1/s1. The molecular formula is C24H28N4O2S. The number of fused-ring (bicyclic) bond motifs is 1. The molecule has 0 bridgehead atoms. The molecule has 0 unspecified atom stereocenters. The number of hydrogen-bond acceptors (Lipinski definition) is 6. The van der Waals surface area contributed by atoms with Gasteiger partial charge in [-0.05, 0) is 49.7 Å². The van der Waals surface area contributed by atoms with Gasteiger partial charge in [0.15, 0.2) is 5.13 Å². The molecule has 1 aromatic heterocycles. The third-order valence-corrected chi connectivity index (χ3v) is 7.23. The van der Waals surface area contributed by atoms with Crippen molar-refractivity contribution < 1.29 is 9.53 Å². The molecule has 6 nitrogen and oxygen atoms in total. The fraction of sp³-hybridized carbons (Fsp3) is 0.417. The molecule has 31 heavy (non-hydrogen) atoms. The number of carbonyl (C=O) groups is 1. The molecule has 2 aromatic carbocycles. The lowest BCUT2D eigenvalue weighted by Crippen LogP contribution is -2.53. The minimum atomic E-state index is 0.110. The van der Waals surface area contributed by atoms with Gasteiger partial charge >= 0.3 is 0 Å². The highest BCUT2D eigenvalue weighted by Gasteiger charge is 2.28. The maximum absolute atomic E-state index is 13.3. The minimum absolute atomic E-state index is 0.110. The minimum Gasteiger partial charge on any atom is -0.378 e. The van der Waals surface area contributed by atoms with Gasteiger partial charge in [0.2, 0.25) is 0 Å². The summed E-state index contributed by atoms with van der Waals surface area (Å²) in [7, 11) is 0. The van der Waals surface area contributed by atoms with Gasteiger partial charge in [0.25, 0.3) is 5.91 Å². The second-order valence-electron chi connectivity index (χ2n) is 8.41. The smallest absolute Gasteiger partial charge is 0.254 e. The van der Waals surface area contributed by atoms with Crippen LogP contribution in [-0.2, 0) is 4.74 Å². The van der Waals surface area contributed by atoms with E-state index in [-0.39, 0.29) is 11.9 Å². The van der Waals surface area contributed by atoms with Crippen molar-refractivity contribution >= 4 is 38.3 Å². The Morgan fingerprint density at radius 3 is 2.71 bits per heavy atom. The van der Waals surface area contributed by atoms with Crippen molar-refractivity contribution in [3.05, 3.63) is 53.6 Å². The number of rotatable bonds is 3. The van der Waals surface area contributed by atoms with E-state index in [1.54, 1.807) is 11.3 Å². The summed E-state index contributed by atoms with van der Waals surface area (Å²) in [6.07, 6.45) is 0. The Kier molecular flexibility index (Phi) is 5.54. The first-order chi connectivity index (χ1) is 15.1. The number of nitrogens with zero attached hydrogens (tertiary/aromatic N) is 4. The van der Waals surface area contributed by atoms with Crippen LogP contribution < -0.4 is 9.80 Å². The van der Waals surface area contributed by atoms with E-state index in [4.69, 9.17) is 9.72 Å². The number of piperazine rings is 1. The van der Waals surface area contributed by atoms with E-state index in [2.05, 4.69) is 47.9 Å². The second kappa shape index (κ2) is 8.48. The van der Waals surface area contributed by atoms with Gasteiger partial charge in [-0.25, -0.2) is 4.98 Å². The first-order valence-corrected chi connectivity index (χ1v) is 11.8. The van der Waals surface area contributed by atoms with Crippen LogP contribution in [-0.4, -0.2) is 67.8 Å². The molecule has 2 aliphatic rings. The molecule has 2 saturated heterocycles. The van der Waals surface area contributed by atoms with Crippen LogP contribution in [0.1, 0.15) is 22.8 Å². The Labute approximate surface area is 187 Å². The van der Waals surface area contributed by atoms with Gasteiger partial charge < -0.3 is 19.4 Å². The van der Waals surface area contributed by atoms with Crippen LogP contribution in [0.2, 0.25) is 0 Å². The first kappa shape index (κ1) is 20.3. The third-order valence-electron chi connectivity index (χ3n) is 6.15. The van der Waals surface area contributed by atoms with Crippen LogP contribution in [0.15, 0.2) is 42.5 Å². The van der Waals surface area contributed by atoms with E-state index >= 15 is 0 Å². The number of morpholine rings is 1. The van der Waals surface area contributed by atoms with Gasteiger partial charge in [-0.1, -0.05) is 23.5 Å². The predicted molar refractivity (Wildman–Crippen MR) is 127 cm³/mol. The van der Waals surface area contributed by atoms with E-state index in [9.17, 15) is 4.79 Å². The van der Waals surface area contributed by atoms with Gasteiger partial charge in [0.1, 0.15) is 0 Å². The molecule has 7 heteroatoms. The van der Waals surface area contributed by atoms with Crippen molar-refractivity contribution in [1.82, 2.24) is 9.88 Å². The van der Waals surface area contributed by atoms with Crippen molar-refractivity contribution in [3.8, 4) is 0 Å². The SMILES string of the molecule is Cc1cccc(N2CCN(C(=O)c3ccc4nc(N5CCOCC5)sc4c3)C[C@H]2C)c1. The molecule has 0 N–H and O–H groups in total. The van der Waals surface area contributed by atoms with E-state index in [1.165, 1.54) is 11.3 Å². The Bertz CT molecular complexity index is 1090. The number of thiazole rings is 1. The number of benzene rings is 2. The van der Waals surface area contributed by atoms with Gasteiger partial charge in [-0.2, -0.15) is 0 Å². The molecule has 0 radical (unpaired) electrons. The monoisotopic (exact) mass is 436 g/mol. The Morgan fingerprint density at radius 1 is 1.10 bits per heavy atom. The van der Waals surface area contributed by atoms with Crippen molar-refractivity contribution in [2.24, 2.45) is 0 Å². The lowest BCUT2D eigenvalue weighted by atomic mass is 10.1. The quantitative estimate of drug-likeness (QED) is 0.625. The van der Waals surface area contributed by atoms with E-state index < -0.39 is 0 Å². The fourth-order valence-corrected chi connectivity index (χ4v) is 5.51. The Morgan fingerprint density at radius 2 is 1.94 bits per heavy atom. The lowest BCUT2D eigenvalue weighted by Gasteiger charge is -2.41. The van der Waals surface area contributed by atoms with Crippen LogP contribution in [0.25, 0.3) is 10.2 Å². The summed E-state index contributed by atoms with van der Waals surface area (Å²) in [6, 6.07) is 14.8. The van der Waals surface area contributed by atoms with Gasteiger partial charge in [-0.3, -0.25) is 4.79 Å². The zero-order valence-corrected chi connectivity index (χ0v) is 18.9. The second-order valence-corrected chi connectivity index (χ2v) is 9.42. The zero-order chi connectivity index (χ0) is 21.4. The molecule has 2 aliphatic heterocycles. The summed E-state index contributed by atoms with van der Waals surface area (Å²) in [5.74, 6) is 0.110. The lowest BCUT2D eigenvalue weighted by molar-refractivity contribution is 0.0726. The molecule has 2 fully saturated rings. The molecular weight excluding hydrogens is 408 g/mol. The topological polar surface area (TPSA) is 48.9 Å². The van der Waals surface area contributed by atoms with Crippen LogP contribution >= 0.6 is 11.3 Å². The molecule has 0 aliphatic carbocycles. The molecule has 3 heterocycles. The van der Waals surface area contributed by atoms with Crippen molar-refractivity contribution in [3.63, 3.8) is 0 Å². The third kappa shape index (κ3) is 4.12. The summed E-state index contributed by atoms with van der Waals surface area (Å²) in [5, 5.41) is 1.02. The average molecular weight is 437 g/mol. The van der Waals surface area contributed by atoms with Crippen LogP contribution in [0, 0.1) is 6.92 Å². The highest BCUT2D eigenvalue weighted by Crippen LogP contribution is 2.30. The average Bonchev–Trinajstić information content (AvgIpc) is 3.22. The normalized spacial score (nSPS) is 19.8. The van der Waals surface area contributed by atoms with Crippen molar-refractivity contribution in [2.75, 3.05) is 55.7 Å². The number of carbonyl (C=O) groups excluding carboxylic acids is 1. The predicted octanol–water partition coefficient (Wildman–Crippen LogP) is 3.79. The summed E-state index contributed by atoms with van der Waals surface area (Å²) in [5.41, 5.74) is 4.21. The molecule has 1 atom stereocenters. The highest BCUT2D eigenvalue weighted by molar-refractivity contribution is 7.22. The van der Waals surface area contributed by atoms with Gasteiger partial charge in [0.05, 0.1) is 23.4 Å². The van der Waals surface area contributed by atoms with Crippen LogP contribution in [0.5, 0.6) is 0 Å². The molecule has 0 saturated carbocycles. The summed E-state index contributed by atoms with van der Waals surface area (Å²) in [4.78, 5) is 24.7. The number of hydrogen-bond donors (Lipinski definition) is 0. The summed E-state index contributed by atoms with van der Waals surface area (Å²) >= 11 is 1.66. The molecule has 3 aromatic rings. The number of amides is 1. The van der Waals surface area contributed by atoms with Crippen LogP contribution in [0.4, 0.5) is 10.8 Å². The number of aryl methyl sites for hydroxylation is 1. The molecule has 5 rings (SSSR count). The highest BCUT2D eigenvalue weighted by atomic mass is 32.1. The number of ether oxygens (including phenoxy) is 1. The zero-order valence-electron chi connectivity index (χ0n) is 18.1. The summed E-state index contributed by atoms with van der Waals surface area (Å²) in [6.45, 7) is 9.85. The number of anilines is 2. The first-order valence-electron chi connectivity index (χ1n) is 10.9. The maximum atomic E-state index is 13.3. The van der Waals surface area contributed by atoms with Gasteiger partial charge in [0, 0.05) is 50.0 Å². The van der Waals surface area contributed by atoms with Crippen molar-refractivity contribution in [2.45, 2.75) is 19.9 Å². The molecule has 162 valence electrons. The number of aromatic nitrogens is 1. The molecule has 1 amide bonds.